The summed E-state index contributed by atoms with van der Waals surface area (Å²) in [6.45, 7) is 14.9. The van der Waals surface area contributed by atoms with Crippen LogP contribution in [-0.2, 0) is 38.1 Å². The molecule has 3 fully saturated rings. The van der Waals surface area contributed by atoms with Crippen LogP contribution in [0.5, 0.6) is 0 Å². The van der Waals surface area contributed by atoms with E-state index in [1.54, 1.807) is 6.08 Å². The molecule has 1 saturated heterocycles. The zero-order chi connectivity index (χ0) is 31.5. The highest BCUT2D eigenvalue weighted by Gasteiger charge is 2.60. The maximum Gasteiger partial charge on any atom is 0.338 e. The number of fused-ring (bicyclic) bond motifs is 1. The van der Waals surface area contributed by atoms with Gasteiger partial charge in [-0.1, -0.05) is 26.0 Å². The van der Waals surface area contributed by atoms with E-state index in [9.17, 15) is 19.2 Å². The molecule has 0 spiro atoms. The Morgan fingerprint density at radius 2 is 1.84 bits per heavy atom. The average molecular weight is 604 g/mol. The highest BCUT2D eigenvalue weighted by Crippen LogP contribution is 2.62. The first-order valence-electron chi connectivity index (χ1n) is 15.4. The molecule has 11 heteroatoms. The van der Waals surface area contributed by atoms with Crippen molar-refractivity contribution in [2.75, 3.05) is 53.6 Å². The lowest BCUT2D eigenvalue weighted by atomic mass is 9.46. The van der Waals surface area contributed by atoms with Crippen LogP contribution in [0.1, 0.15) is 59.8 Å². The largest absolute Gasteiger partial charge is 0.467 e. The molecule has 11 nitrogen and oxygen atoms in total. The van der Waals surface area contributed by atoms with Crippen molar-refractivity contribution in [3.05, 3.63) is 23.8 Å². The van der Waals surface area contributed by atoms with Crippen molar-refractivity contribution in [1.29, 1.82) is 0 Å². The molecule has 3 unspecified atom stereocenters. The van der Waals surface area contributed by atoms with Crippen LogP contribution in [0.3, 0.4) is 0 Å². The first-order chi connectivity index (χ1) is 20.3. The molecule has 0 aromatic carbocycles. The summed E-state index contributed by atoms with van der Waals surface area (Å²) >= 11 is 0. The molecule has 0 aromatic rings. The minimum atomic E-state index is -0.729. The number of hydrogen-bond donors (Lipinski definition) is 1. The number of likely N-dealkylation sites (N-methyl/N-ethyl adjacent to an activating group) is 1. The molecule has 7 atom stereocenters. The molecule has 0 aromatic heterocycles. The number of esters is 4. The lowest BCUT2D eigenvalue weighted by Gasteiger charge is -2.60. The van der Waals surface area contributed by atoms with Crippen molar-refractivity contribution < 1.29 is 38.1 Å². The van der Waals surface area contributed by atoms with Crippen LogP contribution in [0.25, 0.3) is 0 Å². The van der Waals surface area contributed by atoms with Crippen LogP contribution >= 0.6 is 0 Å². The Labute approximate surface area is 255 Å². The van der Waals surface area contributed by atoms with Crippen LogP contribution < -0.4 is 5.32 Å². The average Bonchev–Trinajstić information content (AvgIpc) is 3.38. The summed E-state index contributed by atoms with van der Waals surface area (Å²) in [7, 11) is 3.43. The Morgan fingerprint density at radius 3 is 2.42 bits per heavy atom. The Morgan fingerprint density at radius 1 is 1.14 bits per heavy atom. The molecular formula is C32H49N3O8. The van der Waals surface area contributed by atoms with Gasteiger partial charge in [0.15, 0.2) is 6.17 Å². The topological polar surface area (TPSA) is 124 Å². The van der Waals surface area contributed by atoms with Gasteiger partial charge in [-0.05, 0) is 62.5 Å². The fourth-order valence-electron chi connectivity index (χ4n) is 8.13. The third-order valence-corrected chi connectivity index (χ3v) is 10.5. The smallest absolute Gasteiger partial charge is 0.338 e. The summed E-state index contributed by atoms with van der Waals surface area (Å²) in [5.74, 6) is -1.50. The van der Waals surface area contributed by atoms with E-state index in [-0.39, 0.29) is 48.4 Å². The number of piperazine rings is 1. The van der Waals surface area contributed by atoms with Crippen molar-refractivity contribution in [2.24, 2.45) is 22.7 Å². The summed E-state index contributed by atoms with van der Waals surface area (Å²) in [6, 6.07) is -0.484. The monoisotopic (exact) mass is 603 g/mol. The number of rotatable bonds is 10. The van der Waals surface area contributed by atoms with Crippen molar-refractivity contribution in [2.45, 2.75) is 78.1 Å². The first-order valence-corrected chi connectivity index (χ1v) is 15.4. The second-order valence-electron chi connectivity index (χ2n) is 13.2. The summed E-state index contributed by atoms with van der Waals surface area (Å²) < 4.78 is 22.0. The third-order valence-electron chi connectivity index (χ3n) is 10.5. The highest BCUT2D eigenvalue weighted by atomic mass is 16.6. The van der Waals surface area contributed by atoms with Crippen LogP contribution in [0.15, 0.2) is 23.8 Å². The number of cyclic esters (lactones) is 1. The maximum atomic E-state index is 13.1. The predicted molar refractivity (Wildman–Crippen MR) is 158 cm³/mol. The maximum absolute atomic E-state index is 13.1. The Bertz CT molecular complexity index is 1130. The third kappa shape index (κ3) is 6.99. The zero-order valence-corrected chi connectivity index (χ0v) is 26.6. The normalized spacial score (nSPS) is 33.1. The van der Waals surface area contributed by atoms with Gasteiger partial charge in [0, 0.05) is 51.5 Å². The van der Waals surface area contributed by atoms with E-state index in [2.05, 4.69) is 42.6 Å². The number of ether oxygens (including phenoxy) is 4. The minimum absolute atomic E-state index is 0.0289. The number of hydrogen-bond acceptors (Lipinski definition) is 11. The van der Waals surface area contributed by atoms with Crippen LogP contribution in [-0.4, -0.2) is 106 Å². The molecule has 4 rings (SSSR count). The zero-order valence-electron chi connectivity index (χ0n) is 26.6. The molecule has 43 heavy (non-hydrogen) atoms. The van der Waals surface area contributed by atoms with E-state index in [1.807, 2.05) is 0 Å². The molecule has 2 aliphatic heterocycles. The van der Waals surface area contributed by atoms with E-state index >= 15 is 0 Å². The Hall–Kier alpha value is -2.76. The summed E-state index contributed by atoms with van der Waals surface area (Å²) in [5.41, 5.74) is 0.704. The number of carbonyl (C=O) groups excluding carboxylic acids is 4. The molecule has 0 bridgehead atoms. The van der Waals surface area contributed by atoms with Gasteiger partial charge in [0.2, 0.25) is 0 Å². The Balaban J connectivity index is 1.67. The van der Waals surface area contributed by atoms with Crippen LogP contribution in [0, 0.1) is 22.7 Å². The van der Waals surface area contributed by atoms with Gasteiger partial charge >= 0.3 is 23.9 Å². The van der Waals surface area contributed by atoms with Gasteiger partial charge in [-0.3, -0.25) is 19.8 Å². The van der Waals surface area contributed by atoms with E-state index < -0.39 is 29.7 Å². The van der Waals surface area contributed by atoms with Crippen molar-refractivity contribution >= 4 is 23.9 Å². The van der Waals surface area contributed by atoms with Crippen molar-refractivity contribution in [3.63, 3.8) is 0 Å². The SMILES string of the molecule is C=C1CCC2[C@](C)(COC(C)=O)[C@H](OC(C)=O)CC[C@]2(C)[C@H]1CC(NC(C(=O)OC)N1CCN(C)CC1)C1=CCOC1=O. The fourth-order valence-corrected chi connectivity index (χ4v) is 8.13. The molecular weight excluding hydrogens is 554 g/mol. The Kier molecular flexibility index (Phi) is 10.4. The van der Waals surface area contributed by atoms with E-state index in [0.717, 1.165) is 37.9 Å². The molecule has 2 heterocycles. The molecule has 2 aliphatic carbocycles. The summed E-state index contributed by atoms with van der Waals surface area (Å²) in [4.78, 5) is 54.4. The van der Waals surface area contributed by atoms with E-state index in [1.165, 1.54) is 21.0 Å². The molecule has 1 N–H and O–H groups in total. The fraction of sp³-hybridized carbons (Fsp3) is 0.750. The summed E-state index contributed by atoms with van der Waals surface area (Å²) in [5, 5.41) is 3.52. The molecule has 0 radical (unpaired) electrons. The number of allylic oxidation sites excluding steroid dienone is 1. The molecule has 0 amide bonds. The standard InChI is InChI=1S/C32H49N3O8/c1-20-8-9-26-31(4,12-10-27(43-22(3)37)32(26,5)19-42-21(2)36)24(20)18-25(23-11-17-41-29(23)38)33-28(30(39)40-7)35-15-13-34(6)14-16-35/h11,24-28,33H,1,8-10,12-19H2,2-7H3/t24-,25?,26?,27+,28?,31+,32-/m0/s1. The molecule has 4 aliphatic rings. The van der Waals surface area contributed by atoms with E-state index in [0.29, 0.717) is 31.5 Å². The van der Waals surface area contributed by atoms with Gasteiger partial charge in [-0.15, -0.1) is 0 Å². The van der Waals surface area contributed by atoms with Crippen LogP contribution in [0.2, 0.25) is 0 Å². The number of methoxy groups -OCH3 is 1. The number of carbonyl (C=O) groups is 4. The van der Waals surface area contributed by atoms with Gasteiger partial charge in [0.25, 0.3) is 0 Å². The molecule has 2 saturated carbocycles. The van der Waals surface area contributed by atoms with Gasteiger partial charge in [0.1, 0.15) is 19.3 Å². The lowest BCUT2D eigenvalue weighted by molar-refractivity contribution is -0.192. The second kappa shape index (κ2) is 13.5. The van der Waals surface area contributed by atoms with Gasteiger partial charge in [-0.25, -0.2) is 9.59 Å². The number of nitrogens with one attached hydrogen (secondary N) is 1. The minimum Gasteiger partial charge on any atom is -0.467 e. The quantitative estimate of drug-likeness (QED) is 0.225. The molecule has 240 valence electrons. The predicted octanol–water partition coefficient (Wildman–Crippen LogP) is 2.45. The number of nitrogens with zero attached hydrogens (tertiary/aromatic N) is 2. The second-order valence-corrected chi connectivity index (χ2v) is 13.2. The summed E-state index contributed by atoms with van der Waals surface area (Å²) in [6.07, 6.45) is 4.15. The van der Waals surface area contributed by atoms with Gasteiger partial charge in [0.05, 0.1) is 12.7 Å². The van der Waals surface area contributed by atoms with Crippen molar-refractivity contribution in [3.8, 4) is 0 Å². The highest BCUT2D eigenvalue weighted by molar-refractivity contribution is 5.92. The van der Waals surface area contributed by atoms with E-state index in [4.69, 9.17) is 18.9 Å². The van der Waals surface area contributed by atoms with Crippen LogP contribution in [0.4, 0.5) is 0 Å². The van der Waals surface area contributed by atoms with Crippen molar-refractivity contribution in [1.82, 2.24) is 15.1 Å². The lowest BCUT2D eigenvalue weighted by Crippen LogP contribution is -2.61. The van der Waals surface area contributed by atoms with Gasteiger partial charge in [-0.2, -0.15) is 0 Å². The first kappa shape index (κ1) is 33.1. The van der Waals surface area contributed by atoms with Gasteiger partial charge < -0.3 is 23.8 Å².